The zero-order chi connectivity index (χ0) is 13.8. The number of hydrogen-bond donors (Lipinski definition) is 1. The van der Waals surface area contributed by atoms with Crippen molar-refractivity contribution in [3.8, 4) is 5.75 Å². The summed E-state index contributed by atoms with van der Waals surface area (Å²) in [6.07, 6.45) is 1.83. The molecule has 0 spiro atoms. The second-order valence-electron chi connectivity index (χ2n) is 4.80. The molecule has 104 valence electrons. The highest BCUT2D eigenvalue weighted by Gasteiger charge is 2.29. The van der Waals surface area contributed by atoms with Gasteiger partial charge in [-0.1, -0.05) is 6.07 Å². The Morgan fingerprint density at radius 1 is 1.58 bits per heavy atom. The monoisotopic (exact) mass is 266 g/mol. The van der Waals surface area contributed by atoms with Crippen LogP contribution in [0.25, 0.3) is 0 Å². The topological polar surface area (TPSA) is 55.6 Å². The molecule has 1 fully saturated rings. The van der Waals surface area contributed by atoms with E-state index in [1.165, 1.54) is 19.2 Å². The molecule has 1 amide bonds. The van der Waals surface area contributed by atoms with Crippen molar-refractivity contribution in [3.63, 3.8) is 0 Å². The number of benzene rings is 1. The molecule has 1 aliphatic heterocycles. The molecule has 2 N–H and O–H groups in total. The Bertz CT molecular complexity index is 465. The zero-order valence-corrected chi connectivity index (χ0v) is 11.1. The summed E-state index contributed by atoms with van der Waals surface area (Å²) < 4.78 is 18.9. The highest BCUT2D eigenvalue weighted by atomic mass is 19.1. The molecule has 0 radical (unpaired) electrons. The maximum absolute atomic E-state index is 13.8. The first-order chi connectivity index (χ1) is 9.17. The van der Waals surface area contributed by atoms with Crippen LogP contribution in [-0.2, 0) is 0 Å². The van der Waals surface area contributed by atoms with Crippen LogP contribution in [0.3, 0.4) is 0 Å². The van der Waals surface area contributed by atoms with E-state index >= 15 is 0 Å². The molecule has 1 heterocycles. The first kappa shape index (κ1) is 13.8. The number of halogens is 1. The second-order valence-corrected chi connectivity index (χ2v) is 4.80. The number of ether oxygens (including phenoxy) is 1. The summed E-state index contributed by atoms with van der Waals surface area (Å²) in [6, 6.07) is 4.42. The maximum atomic E-state index is 13.8. The first-order valence-corrected chi connectivity index (χ1v) is 6.49. The van der Waals surface area contributed by atoms with Crippen molar-refractivity contribution in [2.75, 3.05) is 26.7 Å². The van der Waals surface area contributed by atoms with Gasteiger partial charge in [0.15, 0.2) is 0 Å². The normalized spacial score (nSPS) is 18.7. The van der Waals surface area contributed by atoms with Crippen LogP contribution in [0.1, 0.15) is 23.2 Å². The number of rotatable bonds is 4. The van der Waals surface area contributed by atoms with Crippen LogP contribution >= 0.6 is 0 Å². The highest BCUT2D eigenvalue weighted by molar-refractivity contribution is 5.97. The average Bonchev–Trinajstić information content (AvgIpc) is 2.86. The van der Waals surface area contributed by atoms with Gasteiger partial charge < -0.3 is 15.4 Å². The Morgan fingerprint density at radius 2 is 2.37 bits per heavy atom. The molecule has 1 aromatic rings. The molecule has 1 unspecified atom stereocenters. The lowest BCUT2D eigenvalue weighted by molar-refractivity contribution is 0.0778. The molecule has 1 atom stereocenters. The van der Waals surface area contributed by atoms with Gasteiger partial charge in [-0.2, -0.15) is 0 Å². The van der Waals surface area contributed by atoms with E-state index in [0.29, 0.717) is 25.6 Å². The van der Waals surface area contributed by atoms with Crippen molar-refractivity contribution in [1.29, 1.82) is 0 Å². The van der Waals surface area contributed by atoms with Crippen LogP contribution in [-0.4, -0.2) is 37.6 Å². The van der Waals surface area contributed by atoms with Crippen LogP contribution in [0.4, 0.5) is 4.39 Å². The van der Waals surface area contributed by atoms with Gasteiger partial charge >= 0.3 is 0 Å². The minimum Gasteiger partial charge on any atom is -0.496 e. The summed E-state index contributed by atoms with van der Waals surface area (Å²) in [5, 5.41) is 0. The summed E-state index contributed by atoms with van der Waals surface area (Å²) in [4.78, 5) is 14.1. The van der Waals surface area contributed by atoms with E-state index in [0.717, 1.165) is 12.8 Å². The Morgan fingerprint density at radius 3 is 3.05 bits per heavy atom. The molecule has 5 heteroatoms. The van der Waals surface area contributed by atoms with Crippen molar-refractivity contribution in [1.82, 2.24) is 4.90 Å². The summed E-state index contributed by atoms with van der Waals surface area (Å²) in [6.45, 7) is 1.92. The third-order valence-electron chi connectivity index (χ3n) is 3.56. The van der Waals surface area contributed by atoms with E-state index in [4.69, 9.17) is 10.5 Å². The van der Waals surface area contributed by atoms with Crippen LogP contribution < -0.4 is 10.5 Å². The lowest BCUT2D eigenvalue weighted by Crippen LogP contribution is -2.30. The fraction of sp³-hybridized carbons (Fsp3) is 0.500. The fourth-order valence-electron chi connectivity index (χ4n) is 2.53. The molecular formula is C14H19FN2O2. The fourth-order valence-corrected chi connectivity index (χ4v) is 2.53. The third-order valence-corrected chi connectivity index (χ3v) is 3.56. The Balaban J connectivity index is 2.17. The van der Waals surface area contributed by atoms with Crippen molar-refractivity contribution in [2.24, 2.45) is 11.7 Å². The van der Waals surface area contributed by atoms with Gasteiger partial charge in [0.2, 0.25) is 0 Å². The number of amides is 1. The summed E-state index contributed by atoms with van der Waals surface area (Å²) in [7, 11) is 1.44. The molecule has 1 aliphatic rings. The first-order valence-electron chi connectivity index (χ1n) is 6.49. The van der Waals surface area contributed by atoms with Gasteiger partial charge in [0.05, 0.1) is 7.11 Å². The van der Waals surface area contributed by atoms with Crippen LogP contribution in [0.2, 0.25) is 0 Å². The number of carbonyl (C=O) groups is 1. The SMILES string of the molecule is COc1cccc(F)c1C(=O)N1CCC(CCN)C1. The molecule has 0 bridgehead atoms. The van der Waals surface area contributed by atoms with Crippen LogP contribution in [0.5, 0.6) is 5.75 Å². The Labute approximate surface area is 112 Å². The predicted octanol–water partition coefficient (Wildman–Crippen LogP) is 1.65. The molecule has 1 saturated heterocycles. The molecular weight excluding hydrogens is 247 g/mol. The number of nitrogens with two attached hydrogens (primary N) is 1. The predicted molar refractivity (Wildman–Crippen MR) is 70.6 cm³/mol. The van der Waals surface area contributed by atoms with E-state index in [1.807, 2.05) is 0 Å². The van der Waals surface area contributed by atoms with Gasteiger partial charge in [0.25, 0.3) is 5.91 Å². The molecule has 0 aliphatic carbocycles. The Kier molecular flexibility index (Phi) is 4.37. The maximum Gasteiger partial charge on any atom is 0.260 e. The number of methoxy groups -OCH3 is 1. The summed E-state index contributed by atoms with van der Waals surface area (Å²) in [5.41, 5.74) is 5.55. The van der Waals surface area contributed by atoms with Crippen LogP contribution in [0, 0.1) is 11.7 Å². The van der Waals surface area contributed by atoms with Gasteiger partial charge in [-0.3, -0.25) is 4.79 Å². The standard InChI is InChI=1S/C14H19FN2O2/c1-19-12-4-2-3-11(15)13(12)14(18)17-8-6-10(9-17)5-7-16/h2-4,10H,5-9,16H2,1H3. The van der Waals surface area contributed by atoms with E-state index in [9.17, 15) is 9.18 Å². The lowest BCUT2D eigenvalue weighted by Gasteiger charge is -2.18. The molecule has 2 rings (SSSR count). The number of carbonyl (C=O) groups excluding carboxylic acids is 1. The van der Waals surface area contributed by atoms with E-state index in [2.05, 4.69) is 0 Å². The van der Waals surface area contributed by atoms with Gasteiger partial charge in [-0.15, -0.1) is 0 Å². The molecule has 19 heavy (non-hydrogen) atoms. The van der Waals surface area contributed by atoms with E-state index in [1.54, 1.807) is 11.0 Å². The number of nitrogens with zero attached hydrogens (tertiary/aromatic N) is 1. The van der Waals surface area contributed by atoms with Gasteiger partial charge in [0.1, 0.15) is 17.1 Å². The molecule has 0 aromatic heterocycles. The summed E-state index contributed by atoms with van der Waals surface area (Å²) in [5.74, 6) is -0.125. The summed E-state index contributed by atoms with van der Waals surface area (Å²) >= 11 is 0. The third kappa shape index (κ3) is 2.87. The lowest BCUT2D eigenvalue weighted by atomic mass is 10.1. The van der Waals surface area contributed by atoms with E-state index in [-0.39, 0.29) is 17.2 Å². The quantitative estimate of drug-likeness (QED) is 0.901. The van der Waals surface area contributed by atoms with Crippen LogP contribution in [0.15, 0.2) is 18.2 Å². The zero-order valence-electron chi connectivity index (χ0n) is 11.1. The van der Waals surface area contributed by atoms with Gasteiger partial charge in [-0.05, 0) is 37.4 Å². The average molecular weight is 266 g/mol. The number of hydrogen-bond acceptors (Lipinski definition) is 3. The highest BCUT2D eigenvalue weighted by Crippen LogP contribution is 2.26. The van der Waals surface area contributed by atoms with Gasteiger partial charge in [0, 0.05) is 13.1 Å². The molecule has 1 aromatic carbocycles. The van der Waals surface area contributed by atoms with Crippen molar-refractivity contribution in [2.45, 2.75) is 12.8 Å². The number of likely N-dealkylation sites (tertiary alicyclic amines) is 1. The van der Waals surface area contributed by atoms with Gasteiger partial charge in [-0.25, -0.2) is 4.39 Å². The Hall–Kier alpha value is -1.62. The van der Waals surface area contributed by atoms with Crippen molar-refractivity contribution in [3.05, 3.63) is 29.6 Å². The van der Waals surface area contributed by atoms with Crippen molar-refractivity contribution < 1.29 is 13.9 Å². The molecule has 0 saturated carbocycles. The largest absolute Gasteiger partial charge is 0.496 e. The van der Waals surface area contributed by atoms with E-state index < -0.39 is 5.82 Å². The minimum atomic E-state index is -0.536. The molecule has 4 nitrogen and oxygen atoms in total. The van der Waals surface area contributed by atoms with Crippen molar-refractivity contribution >= 4 is 5.91 Å². The smallest absolute Gasteiger partial charge is 0.260 e. The minimum absolute atomic E-state index is 0.0263. The second kappa shape index (κ2) is 6.02.